The number of benzene rings is 2. The van der Waals surface area contributed by atoms with Crippen LogP contribution in [-0.4, -0.2) is 13.0 Å². The van der Waals surface area contributed by atoms with Crippen molar-refractivity contribution in [2.75, 3.05) is 7.11 Å². The molecule has 0 saturated heterocycles. The van der Waals surface area contributed by atoms with Crippen LogP contribution in [0, 0.1) is 6.92 Å². The molecular formula is C16H16BrNO2. The summed E-state index contributed by atoms with van der Waals surface area (Å²) in [4.78, 5) is 12.1. The molecule has 0 fully saturated rings. The second-order valence-corrected chi connectivity index (χ2v) is 5.41. The smallest absolute Gasteiger partial charge is 0.251 e. The monoisotopic (exact) mass is 333 g/mol. The number of halogens is 1. The number of nitrogens with one attached hydrogen (secondary N) is 1. The zero-order chi connectivity index (χ0) is 14.5. The number of amides is 1. The van der Waals surface area contributed by atoms with Gasteiger partial charge < -0.3 is 10.1 Å². The van der Waals surface area contributed by atoms with E-state index in [9.17, 15) is 4.79 Å². The molecule has 4 heteroatoms. The molecule has 3 nitrogen and oxygen atoms in total. The lowest BCUT2D eigenvalue weighted by Crippen LogP contribution is -2.22. The minimum absolute atomic E-state index is 0.105. The lowest BCUT2D eigenvalue weighted by Gasteiger charge is -2.09. The summed E-state index contributed by atoms with van der Waals surface area (Å²) in [6, 6.07) is 13.3. The molecule has 104 valence electrons. The minimum atomic E-state index is -0.105. The molecule has 20 heavy (non-hydrogen) atoms. The Morgan fingerprint density at radius 3 is 2.55 bits per heavy atom. The van der Waals surface area contributed by atoms with Crippen LogP contribution in [0.25, 0.3) is 0 Å². The molecule has 1 N–H and O–H groups in total. The van der Waals surface area contributed by atoms with Crippen molar-refractivity contribution in [3.8, 4) is 5.75 Å². The summed E-state index contributed by atoms with van der Waals surface area (Å²) in [5.41, 5.74) is 2.67. The average molecular weight is 334 g/mol. The van der Waals surface area contributed by atoms with Gasteiger partial charge in [-0.15, -0.1) is 0 Å². The zero-order valence-electron chi connectivity index (χ0n) is 11.4. The van der Waals surface area contributed by atoms with Crippen LogP contribution >= 0.6 is 15.9 Å². The van der Waals surface area contributed by atoms with Gasteiger partial charge in [0.15, 0.2) is 0 Å². The summed E-state index contributed by atoms with van der Waals surface area (Å²) >= 11 is 3.38. The van der Waals surface area contributed by atoms with Gasteiger partial charge >= 0.3 is 0 Å². The van der Waals surface area contributed by atoms with Gasteiger partial charge in [-0.1, -0.05) is 34.1 Å². The number of carbonyl (C=O) groups is 1. The van der Waals surface area contributed by atoms with E-state index in [1.54, 1.807) is 19.2 Å². The fourth-order valence-electron chi connectivity index (χ4n) is 1.85. The molecule has 2 aromatic carbocycles. The molecule has 0 aromatic heterocycles. The van der Waals surface area contributed by atoms with Gasteiger partial charge in [-0.3, -0.25) is 4.79 Å². The Kier molecular flexibility index (Phi) is 4.79. The Labute approximate surface area is 127 Å². The SMILES string of the molecule is COc1cc(C(=O)NCc2ccc(Br)cc2)ccc1C. The normalized spacial score (nSPS) is 10.2. The van der Waals surface area contributed by atoms with Crippen molar-refractivity contribution < 1.29 is 9.53 Å². The van der Waals surface area contributed by atoms with E-state index < -0.39 is 0 Å². The number of hydrogen-bond acceptors (Lipinski definition) is 2. The molecule has 0 unspecified atom stereocenters. The maximum absolute atomic E-state index is 12.1. The topological polar surface area (TPSA) is 38.3 Å². The van der Waals surface area contributed by atoms with Gasteiger partial charge in [-0.2, -0.15) is 0 Å². The Morgan fingerprint density at radius 1 is 1.20 bits per heavy atom. The number of rotatable bonds is 4. The maximum atomic E-state index is 12.1. The summed E-state index contributed by atoms with van der Waals surface area (Å²) in [6.45, 7) is 2.45. The summed E-state index contributed by atoms with van der Waals surface area (Å²) in [5, 5.41) is 2.90. The Balaban J connectivity index is 2.03. The fraction of sp³-hybridized carbons (Fsp3) is 0.188. The number of hydrogen-bond donors (Lipinski definition) is 1. The first-order chi connectivity index (χ1) is 9.60. The van der Waals surface area contributed by atoms with Crippen molar-refractivity contribution in [1.29, 1.82) is 0 Å². The number of methoxy groups -OCH3 is 1. The van der Waals surface area contributed by atoms with E-state index in [0.29, 0.717) is 12.1 Å². The van der Waals surface area contributed by atoms with Gasteiger partial charge in [-0.25, -0.2) is 0 Å². The third-order valence-corrected chi connectivity index (χ3v) is 3.57. The summed E-state index contributed by atoms with van der Waals surface area (Å²) in [6.07, 6.45) is 0. The predicted molar refractivity (Wildman–Crippen MR) is 83.0 cm³/mol. The Morgan fingerprint density at radius 2 is 1.90 bits per heavy atom. The maximum Gasteiger partial charge on any atom is 0.251 e. The quantitative estimate of drug-likeness (QED) is 0.926. The van der Waals surface area contributed by atoms with E-state index >= 15 is 0 Å². The third kappa shape index (κ3) is 3.61. The molecule has 0 bridgehead atoms. The van der Waals surface area contributed by atoms with Crippen molar-refractivity contribution in [3.63, 3.8) is 0 Å². The molecule has 2 aromatic rings. The van der Waals surface area contributed by atoms with Crippen LogP contribution in [0.3, 0.4) is 0 Å². The summed E-state index contributed by atoms with van der Waals surface area (Å²) in [5.74, 6) is 0.618. The van der Waals surface area contributed by atoms with Crippen molar-refractivity contribution >= 4 is 21.8 Å². The molecule has 0 aliphatic heterocycles. The molecular weight excluding hydrogens is 318 g/mol. The first kappa shape index (κ1) is 14.6. The van der Waals surface area contributed by atoms with E-state index in [0.717, 1.165) is 21.3 Å². The van der Waals surface area contributed by atoms with Crippen LogP contribution in [0.15, 0.2) is 46.9 Å². The van der Waals surface area contributed by atoms with E-state index in [1.807, 2.05) is 37.3 Å². The molecule has 0 aliphatic rings. The van der Waals surface area contributed by atoms with Gasteiger partial charge in [0.2, 0.25) is 0 Å². The van der Waals surface area contributed by atoms with Crippen LogP contribution in [-0.2, 0) is 6.54 Å². The van der Waals surface area contributed by atoms with Gasteiger partial charge in [0.05, 0.1) is 7.11 Å². The first-order valence-electron chi connectivity index (χ1n) is 6.27. The highest BCUT2D eigenvalue weighted by atomic mass is 79.9. The van der Waals surface area contributed by atoms with Crippen molar-refractivity contribution in [1.82, 2.24) is 5.32 Å². The Hall–Kier alpha value is -1.81. The lowest BCUT2D eigenvalue weighted by molar-refractivity contribution is 0.0950. The minimum Gasteiger partial charge on any atom is -0.496 e. The molecule has 1 amide bonds. The largest absolute Gasteiger partial charge is 0.496 e. The highest BCUT2D eigenvalue weighted by Gasteiger charge is 2.08. The molecule has 0 atom stereocenters. The second-order valence-electron chi connectivity index (χ2n) is 4.49. The fourth-order valence-corrected chi connectivity index (χ4v) is 2.11. The molecule has 0 spiro atoms. The zero-order valence-corrected chi connectivity index (χ0v) is 13.0. The highest BCUT2D eigenvalue weighted by Crippen LogP contribution is 2.19. The number of aryl methyl sites for hydroxylation is 1. The van der Waals surface area contributed by atoms with Gasteiger partial charge in [0.25, 0.3) is 5.91 Å². The molecule has 0 heterocycles. The van der Waals surface area contributed by atoms with E-state index in [1.165, 1.54) is 0 Å². The van der Waals surface area contributed by atoms with Crippen molar-refractivity contribution in [2.24, 2.45) is 0 Å². The van der Waals surface area contributed by atoms with Crippen LogP contribution in [0.1, 0.15) is 21.5 Å². The van der Waals surface area contributed by atoms with Crippen molar-refractivity contribution in [3.05, 3.63) is 63.6 Å². The van der Waals surface area contributed by atoms with Crippen LogP contribution in [0.2, 0.25) is 0 Å². The molecule has 0 radical (unpaired) electrons. The van der Waals surface area contributed by atoms with Gasteiger partial charge in [0, 0.05) is 16.6 Å². The van der Waals surface area contributed by atoms with E-state index in [-0.39, 0.29) is 5.91 Å². The first-order valence-corrected chi connectivity index (χ1v) is 7.06. The summed E-state index contributed by atoms with van der Waals surface area (Å²) < 4.78 is 6.25. The lowest BCUT2D eigenvalue weighted by atomic mass is 10.1. The molecule has 0 saturated carbocycles. The standard InChI is InChI=1S/C16H16BrNO2/c1-11-3-6-13(9-15(11)20-2)16(19)18-10-12-4-7-14(17)8-5-12/h3-9H,10H2,1-2H3,(H,18,19). The molecule has 0 aliphatic carbocycles. The Bertz CT molecular complexity index is 608. The molecule has 2 rings (SSSR count). The van der Waals surface area contributed by atoms with Gasteiger partial charge in [0.1, 0.15) is 5.75 Å². The van der Waals surface area contributed by atoms with Gasteiger partial charge in [-0.05, 0) is 42.3 Å². The number of carbonyl (C=O) groups excluding carboxylic acids is 1. The van der Waals surface area contributed by atoms with Crippen LogP contribution in [0.4, 0.5) is 0 Å². The van der Waals surface area contributed by atoms with E-state index in [2.05, 4.69) is 21.2 Å². The number of ether oxygens (including phenoxy) is 1. The predicted octanol–water partition coefficient (Wildman–Crippen LogP) is 3.70. The van der Waals surface area contributed by atoms with E-state index in [4.69, 9.17) is 4.74 Å². The summed E-state index contributed by atoms with van der Waals surface area (Å²) in [7, 11) is 1.60. The third-order valence-electron chi connectivity index (χ3n) is 3.04. The highest BCUT2D eigenvalue weighted by molar-refractivity contribution is 9.10. The van der Waals surface area contributed by atoms with Crippen LogP contribution < -0.4 is 10.1 Å². The van der Waals surface area contributed by atoms with Crippen LogP contribution in [0.5, 0.6) is 5.75 Å². The van der Waals surface area contributed by atoms with Crippen molar-refractivity contribution in [2.45, 2.75) is 13.5 Å². The second kappa shape index (κ2) is 6.57. The average Bonchev–Trinajstić information content (AvgIpc) is 2.47.